The first-order valence-electron chi connectivity index (χ1n) is 11.8. The number of nitrogens with one attached hydrogen (secondary N) is 1. The SMILES string of the molecule is CCN(CC)c1ccc(S(=O)(=O)N2CCOCC2)cc1NC(=O)CN(C)C1CCCCC1. The molecule has 0 radical (unpaired) electrons. The zero-order chi connectivity index (χ0) is 23.1. The van der Waals surface area contributed by atoms with Gasteiger partial charge in [-0.3, -0.25) is 9.69 Å². The minimum atomic E-state index is -3.64. The maximum atomic E-state index is 13.2. The lowest BCUT2D eigenvalue weighted by molar-refractivity contribution is -0.117. The van der Waals surface area contributed by atoms with E-state index in [1.54, 1.807) is 18.2 Å². The number of ether oxygens (including phenoxy) is 1. The number of hydrogen-bond donors (Lipinski definition) is 1. The topological polar surface area (TPSA) is 82.2 Å². The van der Waals surface area contributed by atoms with E-state index in [0.29, 0.717) is 44.6 Å². The minimum Gasteiger partial charge on any atom is -0.379 e. The number of rotatable bonds is 9. The summed E-state index contributed by atoms with van der Waals surface area (Å²) in [6, 6.07) is 5.49. The molecule has 9 heteroatoms. The average molecular weight is 467 g/mol. The number of carbonyl (C=O) groups excluding carboxylic acids is 1. The van der Waals surface area contributed by atoms with E-state index >= 15 is 0 Å². The molecular weight excluding hydrogens is 428 g/mol. The second-order valence-corrected chi connectivity index (χ2v) is 10.6. The molecule has 0 bridgehead atoms. The third-order valence-corrected chi connectivity index (χ3v) is 8.44. The van der Waals surface area contributed by atoms with E-state index in [-0.39, 0.29) is 10.8 Å². The smallest absolute Gasteiger partial charge is 0.243 e. The summed E-state index contributed by atoms with van der Waals surface area (Å²) in [5.74, 6) is -0.118. The zero-order valence-electron chi connectivity index (χ0n) is 19.7. The van der Waals surface area contributed by atoms with Crippen molar-refractivity contribution in [3.63, 3.8) is 0 Å². The Morgan fingerprint density at radius 2 is 1.78 bits per heavy atom. The van der Waals surface area contributed by atoms with E-state index in [9.17, 15) is 13.2 Å². The van der Waals surface area contributed by atoms with Gasteiger partial charge in [0, 0.05) is 32.2 Å². The van der Waals surface area contributed by atoms with Gasteiger partial charge in [0.1, 0.15) is 0 Å². The van der Waals surface area contributed by atoms with Crippen molar-refractivity contribution in [3.8, 4) is 0 Å². The second-order valence-electron chi connectivity index (χ2n) is 8.62. The molecule has 0 unspecified atom stereocenters. The molecular formula is C23H38N4O4S. The highest BCUT2D eigenvalue weighted by Gasteiger charge is 2.28. The Morgan fingerprint density at radius 3 is 2.41 bits per heavy atom. The molecule has 0 spiro atoms. The fourth-order valence-corrected chi connectivity index (χ4v) is 6.05. The number of nitrogens with zero attached hydrogens (tertiary/aromatic N) is 3. The Labute approximate surface area is 192 Å². The molecule has 1 saturated heterocycles. The molecule has 8 nitrogen and oxygen atoms in total. The number of hydrogen-bond acceptors (Lipinski definition) is 6. The number of carbonyl (C=O) groups is 1. The molecule has 1 saturated carbocycles. The summed E-state index contributed by atoms with van der Waals surface area (Å²) in [6.07, 6.45) is 5.95. The van der Waals surface area contributed by atoms with Gasteiger partial charge in [-0.2, -0.15) is 4.31 Å². The van der Waals surface area contributed by atoms with Gasteiger partial charge in [0.2, 0.25) is 15.9 Å². The molecule has 180 valence electrons. The van der Waals surface area contributed by atoms with Crippen molar-refractivity contribution < 1.29 is 17.9 Å². The minimum absolute atomic E-state index is 0.118. The van der Waals surface area contributed by atoms with Crippen LogP contribution in [0.4, 0.5) is 11.4 Å². The molecule has 2 fully saturated rings. The second kappa shape index (κ2) is 11.4. The third kappa shape index (κ3) is 6.01. The summed E-state index contributed by atoms with van der Waals surface area (Å²) in [5.41, 5.74) is 1.38. The summed E-state index contributed by atoms with van der Waals surface area (Å²) in [7, 11) is -1.64. The lowest BCUT2D eigenvalue weighted by atomic mass is 9.94. The van der Waals surface area contributed by atoms with Gasteiger partial charge in [-0.25, -0.2) is 8.42 Å². The number of anilines is 2. The van der Waals surface area contributed by atoms with Gasteiger partial charge in [-0.15, -0.1) is 0 Å². The van der Waals surface area contributed by atoms with Crippen molar-refractivity contribution in [3.05, 3.63) is 18.2 Å². The Morgan fingerprint density at radius 1 is 1.12 bits per heavy atom. The molecule has 1 aliphatic heterocycles. The van der Waals surface area contributed by atoms with E-state index < -0.39 is 10.0 Å². The largest absolute Gasteiger partial charge is 0.379 e. The maximum Gasteiger partial charge on any atom is 0.243 e. The van der Waals surface area contributed by atoms with E-state index in [1.807, 2.05) is 20.9 Å². The van der Waals surface area contributed by atoms with Gasteiger partial charge >= 0.3 is 0 Å². The van der Waals surface area contributed by atoms with Crippen molar-refractivity contribution in [1.82, 2.24) is 9.21 Å². The highest BCUT2D eigenvalue weighted by atomic mass is 32.2. The van der Waals surface area contributed by atoms with Gasteiger partial charge in [0.15, 0.2) is 0 Å². The van der Waals surface area contributed by atoms with Crippen LogP contribution in [-0.4, -0.2) is 82.6 Å². The van der Waals surface area contributed by atoms with E-state index in [0.717, 1.165) is 31.6 Å². The molecule has 1 N–H and O–H groups in total. The van der Waals surface area contributed by atoms with Crippen molar-refractivity contribution in [2.24, 2.45) is 0 Å². The summed E-state index contributed by atoms with van der Waals surface area (Å²) < 4.78 is 33.1. The molecule has 3 rings (SSSR count). The summed E-state index contributed by atoms with van der Waals surface area (Å²) in [6.45, 7) is 7.38. The maximum absolute atomic E-state index is 13.2. The first-order valence-corrected chi connectivity index (χ1v) is 13.3. The Balaban J connectivity index is 1.82. The standard InChI is InChI=1S/C23H38N4O4S/c1-4-26(5-2)22-12-11-20(32(29,30)27-13-15-31-16-14-27)17-21(22)24-23(28)18-25(3)19-9-7-6-8-10-19/h11-12,17,19H,4-10,13-16,18H2,1-3H3,(H,24,28). The van der Waals surface area contributed by atoms with Crippen molar-refractivity contribution in [2.75, 3.05) is 63.2 Å². The number of sulfonamides is 1. The van der Waals surface area contributed by atoms with Crippen LogP contribution in [0.3, 0.4) is 0 Å². The van der Waals surface area contributed by atoms with Gasteiger partial charge in [0.25, 0.3) is 0 Å². The van der Waals surface area contributed by atoms with Crippen LogP contribution < -0.4 is 10.2 Å². The van der Waals surface area contributed by atoms with Crippen molar-refractivity contribution >= 4 is 27.3 Å². The van der Waals surface area contributed by atoms with Crippen LogP contribution >= 0.6 is 0 Å². The number of benzene rings is 1. The van der Waals surface area contributed by atoms with Crippen molar-refractivity contribution in [2.45, 2.75) is 56.9 Å². The molecule has 0 aromatic heterocycles. The highest BCUT2D eigenvalue weighted by molar-refractivity contribution is 7.89. The van der Waals surface area contributed by atoms with Crippen LogP contribution in [0.15, 0.2) is 23.1 Å². The van der Waals surface area contributed by atoms with Crippen LogP contribution in [0.25, 0.3) is 0 Å². The van der Waals surface area contributed by atoms with Gasteiger partial charge in [0.05, 0.1) is 36.0 Å². The molecule has 1 heterocycles. The summed E-state index contributed by atoms with van der Waals surface area (Å²) in [4.78, 5) is 17.4. The fourth-order valence-electron chi connectivity index (χ4n) is 4.62. The Kier molecular flexibility index (Phi) is 8.93. The first-order chi connectivity index (χ1) is 15.4. The molecule has 1 aromatic rings. The lowest BCUT2D eigenvalue weighted by Gasteiger charge is -2.31. The molecule has 1 amide bonds. The molecule has 32 heavy (non-hydrogen) atoms. The average Bonchev–Trinajstić information content (AvgIpc) is 2.81. The van der Waals surface area contributed by atoms with Crippen LogP contribution in [0.1, 0.15) is 46.0 Å². The number of morpholine rings is 1. The van der Waals surface area contributed by atoms with Gasteiger partial charge < -0.3 is 15.0 Å². The van der Waals surface area contributed by atoms with E-state index in [1.165, 1.54) is 23.6 Å². The quantitative estimate of drug-likeness (QED) is 0.603. The number of likely N-dealkylation sites (N-methyl/N-ethyl adjacent to an activating group) is 1. The zero-order valence-corrected chi connectivity index (χ0v) is 20.5. The highest BCUT2D eigenvalue weighted by Crippen LogP contribution is 2.31. The molecule has 1 aliphatic carbocycles. The summed E-state index contributed by atoms with van der Waals surface area (Å²) >= 11 is 0. The lowest BCUT2D eigenvalue weighted by Crippen LogP contribution is -2.40. The van der Waals surface area contributed by atoms with Crippen LogP contribution in [0.5, 0.6) is 0 Å². The van der Waals surface area contributed by atoms with Crippen LogP contribution in [-0.2, 0) is 19.6 Å². The Hall–Kier alpha value is -1.68. The molecule has 1 aromatic carbocycles. The third-order valence-electron chi connectivity index (χ3n) is 6.55. The van der Waals surface area contributed by atoms with Gasteiger partial charge in [-0.1, -0.05) is 19.3 Å². The van der Waals surface area contributed by atoms with Gasteiger partial charge in [-0.05, 0) is 51.9 Å². The Bertz CT molecular complexity index is 861. The number of amides is 1. The first kappa shape index (κ1) is 25.0. The predicted octanol–water partition coefficient (Wildman–Crippen LogP) is 2.76. The van der Waals surface area contributed by atoms with E-state index in [4.69, 9.17) is 4.74 Å². The van der Waals surface area contributed by atoms with E-state index in [2.05, 4.69) is 15.1 Å². The predicted molar refractivity (Wildman–Crippen MR) is 128 cm³/mol. The fraction of sp³-hybridized carbons (Fsp3) is 0.696. The monoisotopic (exact) mass is 466 g/mol. The normalized spacial score (nSPS) is 18.6. The van der Waals surface area contributed by atoms with Crippen LogP contribution in [0.2, 0.25) is 0 Å². The van der Waals surface area contributed by atoms with Crippen LogP contribution in [0, 0.1) is 0 Å². The summed E-state index contributed by atoms with van der Waals surface area (Å²) in [5, 5.41) is 3.02. The molecule has 2 aliphatic rings. The molecule has 0 atom stereocenters. The van der Waals surface area contributed by atoms with Crippen molar-refractivity contribution in [1.29, 1.82) is 0 Å².